The highest BCUT2D eigenvalue weighted by molar-refractivity contribution is 6.42. The Morgan fingerprint density at radius 3 is 2.39 bits per heavy atom. The number of nitrogens with zero attached hydrogens (tertiary/aromatic N) is 1. The largest absolute Gasteiger partial charge is 0.303 e. The molecule has 1 aromatic rings. The highest BCUT2D eigenvalue weighted by Crippen LogP contribution is 2.41. The smallest absolute Gasteiger partial charge is 0.0595 e. The first-order valence-electron chi connectivity index (χ1n) is 9.29. The first kappa shape index (κ1) is 17.6. The summed E-state index contributed by atoms with van der Waals surface area (Å²) in [6.45, 7) is 1.12. The Bertz CT molecular complexity index is 510. The number of hydrogen-bond donors (Lipinski definition) is 0. The van der Waals surface area contributed by atoms with Crippen molar-refractivity contribution in [3.63, 3.8) is 0 Å². The fourth-order valence-electron chi connectivity index (χ4n) is 4.79. The Balaban J connectivity index is 1.58. The lowest BCUT2D eigenvalue weighted by Gasteiger charge is -2.41. The molecule has 0 saturated heterocycles. The van der Waals surface area contributed by atoms with Crippen molar-refractivity contribution in [1.82, 2.24) is 4.90 Å². The van der Waals surface area contributed by atoms with Gasteiger partial charge in [0.2, 0.25) is 0 Å². The van der Waals surface area contributed by atoms with Crippen molar-refractivity contribution in [2.24, 2.45) is 11.8 Å². The third-order valence-electron chi connectivity index (χ3n) is 6.09. The van der Waals surface area contributed by atoms with Gasteiger partial charge in [0.05, 0.1) is 10.0 Å². The molecule has 0 radical (unpaired) electrons. The molecule has 0 heterocycles. The van der Waals surface area contributed by atoms with Gasteiger partial charge < -0.3 is 4.90 Å². The fourth-order valence-corrected chi connectivity index (χ4v) is 5.11. The zero-order chi connectivity index (χ0) is 16.2. The molecule has 0 N–H and O–H groups in total. The number of halogens is 2. The normalized spacial score (nSPS) is 26.1. The van der Waals surface area contributed by atoms with E-state index in [2.05, 4.69) is 18.0 Å². The van der Waals surface area contributed by atoms with Crippen LogP contribution in [0.2, 0.25) is 10.0 Å². The lowest BCUT2D eigenvalue weighted by atomic mass is 9.75. The highest BCUT2D eigenvalue weighted by Gasteiger charge is 2.35. The number of likely N-dealkylation sites (N-methyl/N-ethyl adjacent to an activating group) is 1. The van der Waals surface area contributed by atoms with Crippen LogP contribution in [-0.2, 0) is 6.42 Å². The van der Waals surface area contributed by atoms with Gasteiger partial charge in [-0.1, -0.05) is 67.8 Å². The van der Waals surface area contributed by atoms with Gasteiger partial charge in [-0.2, -0.15) is 0 Å². The predicted octanol–water partition coefficient (Wildman–Crippen LogP) is 6.22. The fraction of sp³-hybridized carbons (Fsp3) is 0.700. The van der Waals surface area contributed by atoms with Crippen LogP contribution in [-0.4, -0.2) is 24.5 Å². The summed E-state index contributed by atoms with van der Waals surface area (Å²) in [5, 5.41) is 1.32. The quantitative estimate of drug-likeness (QED) is 0.607. The molecule has 2 atom stereocenters. The number of benzene rings is 1. The van der Waals surface area contributed by atoms with Crippen molar-refractivity contribution in [1.29, 1.82) is 0 Å². The summed E-state index contributed by atoms with van der Waals surface area (Å²) >= 11 is 12.2. The van der Waals surface area contributed by atoms with Gasteiger partial charge in [0.25, 0.3) is 0 Å². The van der Waals surface area contributed by atoms with Gasteiger partial charge in [-0.25, -0.2) is 0 Å². The van der Waals surface area contributed by atoms with Crippen molar-refractivity contribution in [2.45, 2.75) is 63.8 Å². The van der Waals surface area contributed by atoms with Crippen LogP contribution in [0.4, 0.5) is 0 Å². The molecule has 2 saturated carbocycles. The van der Waals surface area contributed by atoms with E-state index in [4.69, 9.17) is 23.2 Å². The van der Waals surface area contributed by atoms with Crippen LogP contribution in [0.25, 0.3) is 0 Å². The summed E-state index contributed by atoms with van der Waals surface area (Å²) in [4.78, 5) is 2.63. The van der Waals surface area contributed by atoms with Crippen LogP contribution < -0.4 is 0 Å². The van der Waals surface area contributed by atoms with E-state index >= 15 is 0 Å². The van der Waals surface area contributed by atoms with Crippen molar-refractivity contribution >= 4 is 23.2 Å². The van der Waals surface area contributed by atoms with Gasteiger partial charge in [-0.15, -0.1) is 0 Å². The van der Waals surface area contributed by atoms with Crippen LogP contribution in [0.3, 0.4) is 0 Å². The monoisotopic (exact) mass is 353 g/mol. The predicted molar refractivity (Wildman–Crippen MR) is 101 cm³/mol. The molecule has 3 heteroatoms. The summed E-state index contributed by atoms with van der Waals surface area (Å²) in [6, 6.07) is 6.83. The van der Waals surface area contributed by atoms with E-state index < -0.39 is 0 Å². The molecule has 1 nitrogen and oxygen atoms in total. The molecular weight excluding hydrogens is 325 g/mol. The maximum absolute atomic E-state index is 6.14. The summed E-state index contributed by atoms with van der Waals surface area (Å²) in [7, 11) is 2.33. The Kier molecular flexibility index (Phi) is 6.29. The third-order valence-corrected chi connectivity index (χ3v) is 6.83. The van der Waals surface area contributed by atoms with Gasteiger partial charge in [0.1, 0.15) is 0 Å². The van der Waals surface area contributed by atoms with Gasteiger partial charge in [0.15, 0.2) is 0 Å². The summed E-state index contributed by atoms with van der Waals surface area (Å²) in [6.07, 6.45) is 12.6. The average Bonchev–Trinajstić information content (AvgIpc) is 3.10. The van der Waals surface area contributed by atoms with Crippen LogP contribution in [0.1, 0.15) is 56.9 Å². The molecule has 0 amide bonds. The second kappa shape index (κ2) is 8.23. The maximum Gasteiger partial charge on any atom is 0.0595 e. The Morgan fingerprint density at radius 1 is 0.957 bits per heavy atom. The Hall–Kier alpha value is -0.240. The minimum atomic E-state index is 0.650. The molecule has 0 bridgehead atoms. The lowest BCUT2D eigenvalue weighted by Crippen LogP contribution is -2.43. The van der Waals surface area contributed by atoms with E-state index in [0.29, 0.717) is 10.0 Å². The van der Waals surface area contributed by atoms with Crippen molar-refractivity contribution in [3.05, 3.63) is 33.8 Å². The third kappa shape index (κ3) is 4.44. The van der Waals surface area contributed by atoms with Gasteiger partial charge in [0, 0.05) is 12.6 Å². The van der Waals surface area contributed by atoms with Crippen LogP contribution >= 0.6 is 23.2 Å². The molecule has 128 valence electrons. The van der Waals surface area contributed by atoms with Gasteiger partial charge in [-0.3, -0.25) is 0 Å². The first-order valence-corrected chi connectivity index (χ1v) is 10.0. The molecule has 2 aliphatic rings. The molecule has 0 spiro atoms. The van der Waals surface area contributed by atoms with Gasteiger partial charge in [-0.05, 0) is 55.8 Å². The van der Waals surface area contributed by atoms with Crippen molar-refractivity contribution in [2.75, 3.05) is 13.6 Å². The van der Waals surface area contributed by atoms with E-state index in [1.54, 1.807) is 0 Å². The molecule has 2 fully saturated rings. The van der Waals surface area contributed by atoms with E-state index in [1.165, 1.54) is 56.9 Å². The average molecular weight is 354 g/mol. The highest BCUT2D eigenvalue weighted by atomic mass is 35.5. The van der Waals surface area contributed by atoms with Crippen LogP contribution in [0.5, 0.6) is 0 Å². The lowest BCUT2D eigenvalue weighted by molar-refractivity contribution is 0.0916. The van der Waals surface area contributed by atoms with Crippen molar-refractivity contribution in [3.8, 4) is 0 Å². The summed E-state index contributed by atoms with van der Waals surface area (Å²) < 4.78 is 0. The topological polar surface area (TPSA) is 3.24 Å². The Labute approximate surface area is 151 Å². The molecule has 2 aliphatic carbocycles. The van der Waals surface area contributed by atoms with E-state index in [1.807, 2.05) is 12.1 Å². The molecule has 0 aromatic heterocycles. The van der Waals surface area contributed by atoms with Crippen LogP contribution in [0.15, 0.2) is 18.2 Å². The zero-order valence-electron chi connectivity index (χ0n) is 14.2. The molecule has 3 rings (SSSR count). The van der Waals surface area contributed by atoms with E-state index in [0.717, 1.165) is 30.8 Å². The van der Waals surface area contributed by atoms with E-state index in [9.17, 15) is 0 Å². The first-order chi connectivity index (χ1) is 11.1. The zero-order valence-corrected chi connectivity index (χ0v) is 15.8. The molecule has 1 aromatic carbocycles. The minimum Gasteiger partial charge on any atom is -0.303 e. The number of rotatable bonds is 5. The number of hydrogen-bond acceptors (Lipinski definition) is 1. The second-order valence-electron chi connectivity index (χ2n) is 7.54. The molecule has 0 aliphatic heterocycles. The molecule has 2 unspecified atom stereocenters. The summed E-state index contributed by atoms with van der Waals surface area (Å²) in [5.41, 5.74) is 1.29. The standard InChI is InChI=1S/C20H29Cl2N/c1-23(13-12-15-10-11-18(21)19(22)14-15)20-9-5-4-8-17(20)16-6-2-3-7-16/h10-11,14,16-17,20H,2-9,12-13H2,1H3. The summed E-state index contributed by atoms with van der Waals surface area (Å²) in [5.74, 6) is 1.93. The SMILES string of the molecule is CN(CCc1ccc(Cl)c(Cl)c1)C1CCCCC1C1CCCC1. The van der Waals surface area contributed by atoms with Gasteiger partial charge >= 0.3 is 0 Å². The Morgan fingerprint density at radius 2 is 1.65 bits per heavy atom. The van der Waals surface area contributed by atoms with Crippen molar-refractivity contribution < 1.29 is 0 Å². The maximum atomic E-state index is 6.14. The second-order valence-corrected chi connectivity index (χ2v) is 8.35. The van der Waals surface area contributed by atoms with Crippen LogP contribution in [0, 0.1) is 11.8 Å². The molecular formula is C20H29Cl2N. The van der Waals surface area contributed by atoms with E-state index in [-0.39, 0.29) is 0 Å². The minimum absolute atomic E-state index is 0.650. The molecule has 23 heavy (non-hydrogen) atoms.